The molecule has 0 heterocycles. The number of rotatable bonds is 4. The Morgan fingerprint density at radius 1 is 0.560 bits per heavy atom. The van der Waals surface area contributed by atoms with Gasteiger partial charge in [-0.2, -0.15) is 0 Å². The summed E-state index contributed by atoms with van der Waals surface area (Å²) in [6.45, 7) is -1.75. The fourth-order valence-corrected chi connectivity index (χ4v) is 9.37. The Labute approximate surface area is 148 Å². The second kappa shape index (κ2) is 7.65. The van der Waals surface area contributed by atoms with Crippen molar-refractivity contribution in [1.29, 1.82) is 0 Å². The van der Waals surface area contributed by atoms with Crippen molar-refractivity contribution in [3.8, 4) is 0 Å². The SMILES string of the molecule is Fc1c(F)c(F)c(P([Se]c2ccccc2)c2ccccc2)c(F)c1F. The summed E-state index contributed by atoms with van der Waals surface area (Å²) in [7, 11) is 0. The van der Waals surface area contributed by atoms with Gasteiger partial charge in [0.1, 0.15) is 0 Å². The molecule has 1 unspecified atom stereocenters. The average molecular weight is 431 g/mol. The average Bonchev–Trinajstić information content (AvgIpc) is 2.65. The first-order valence-corrected chi connectivity index (χ1v) is 11.5. The Morgan fingerprint density at radius 2 is 1.00 bits per heavy atom. The monoisotopic (exact) mass is 432 g/mol. The van der Waals surface area contributed by atoms with Crippen LogP contribution in [0.15, 0.2) is 60.7 Å². The molecule has 7 heteroatoms. The zero-order valence-electron chi connectivity index (χ0n) is 12.5. The summed E-state index contributed by atoms with van der Waals surface area (Å²) in [4.78, 5) is 0. The molecule has 0 N–H and O–H groups in total. The summed E-state index contributed by atoms with van der Waals surface area (Å²) in [6.07, 6.45) is 0. The Hall–Kier alpha value is -1.74. The summed E-state index contributed by atoms with van der Waals surface area (Å²) >= 11 is -0.518. The first kappa shape index (κ1) is 18.1. The predicted octanol–water partition coefficient (Wildman–Crippen LogP) is 3.76. The van der Waals surface area contributed by atoms with E-state index in [1.165, 1.54) is 0 Å². The standard InChI is InChI=1S/C18H10F5PSe/c19-13-14(20)16(22)18(17(23)15(13)21)24(11-7-3-1-4-8-11)25-12-9-5-2-6-10-12/h1-10H. The van der Waals surface area contributed by atoms with Crippen LogP contribution < -0.4 is 15.1 Å². The summed E-state index contributed by atoms with van der Waals surface area (Å²) < 4.78 is 70.2. The maximum atomic E-state index is 14.3. The second-order valence-corrected chi connectivity index (χ2v) is 11.1. The Morgan fingerprint density at radius 3 is 1.52 bits per heavy atom. The van der Waals surface area contributed by atoms with E-state index >= 15 is 0 Å². The Kier molecular flexibility index (Phi) is 5.53. The molecule has 1 atom stereocenters. The molecule has 128 valence electrons. The third-order valence-electron chi connectivity index (χ3n) is 3.32. The Bertz CT molecular complexity index is 858. The van der Waals surface area contributed by atoms with Gasteiger partial charge >= 0.3 is 148 Å². The molecule has 0 aliphatic heterocycles. The van der Waals surface area contributed by atoms with Crippen LogP contribution in [0, 0.1) is 29.1 Å². The van der Waals surface area contributed by atoms with E-state index in [9.17, 15) is 22.0 Å². The molecule has 0 aromatic heterocycles. The van der Waals surface area contributed by atoms with Crippen molar-refractivity contribution in [3.05, 3.63) is 89.7 Å². The van der Waals surface area contributed by atoms with E-state index in [-0.39, 0.29) is 0 Å². The van der Waals surface area contributed by atoms with Crippen LogP contribution in [0.5, 0.6) is 0 Å². The summed E-state index contributed by atoms with van der Waals surface area (Å²) in [6, 6.07) is 17.3. The molecule has 0 saturated carbocycles. The summed E-state index contributed by atoms with van der Waals surface area (Å²) in [5.41, 5.74) is 0. The quantitative estimate of drug-likeness (QED) is 0.194. The fraction of sp³-hybridized carbons (Fsp3) is 0. The van der Waals surface area contributed by atoms with Crippen LogP contribution in [0.3, 0.4) is 0 Å². The van der Waals surface area contributed by atoms with Crippen molar-refractivity contribution in [1.82, 2.24) is 0 Å². The minimum absolute atomic E-state index is 0.518. The van der Waals surface area contributed by atoms with E-state index in [0.29, 0.717) is 5.30 Å². The van der Waals surface area contributed by atoms with Crippen LogP contribution in [-0.2, 0) is 0 Å². The second-order valence-electron chi connectivity index (χ2n) is 4.95. The third-order valence-corrected chi connectivity index (χ3v) is 10.8. The van der Waals surface area contributed by atoms with Crippen molar-refractivity contribution < 1.29 is 22.0 Å². The summed E-state index contributed by atoms with van der Waals surface area (Å²) in [5, 5.41) is -0.161. The van der Waals surface area contributed by atoms with Crippen LogP contribution in [0.4, 0.5) is 22.0 Å². The first-order chi connectivity index (χ1) is 12.0. The number of hydrogen-bond donors (Lipinski definition) is 0. The van der Waals surface area contributed by atoms with Gasteiger partial charge in [0.15, 0.2) is 0 Å². The van der Waals surface area contributed by atoms with Gasteiger partial charge in [0.25, 0.3) is 0 Å². The zero-order valence-corrected chi connectivity index (χ0v) is 15.1. The predicted molar refractivity (Wildman–Crippen MR) is 90.7 cm³/mol. The van der Waals surface area contributed by atoms with Gasteiger partial charge in [-0.1, -0.05) is 0 Å². The molecular weight excluding hydrogens is 421 g/mol. The van der Waals surface area contributed by atoms with Gasteiger partial charge in [-0.05, 0) is 0 Å². The molecule has 0 radical (unpaired) electrons. The van der Waals surface area contributed by atoms with Crippen molar-refractivity contribution >= 4 is 36.2 Å². The van der Waals surface area contributed by atoms with Crippen LogP contribution >= 0.6 is 6.61 Å². The molecule has 0 amide bonds. The van der Waals surface area contributed by atoms with Crippen molar-refractivity contribution in [2.75, 3.05) is 0 Å². The van der Waals surface area contributed by atoms with Crippen LogP contribution in [0.2, 0.25) is 0 Å². The van der Waals surface area contributed by atoms with Gasteiger partial charge in [0, 0.05) is 0 Å². The molecule has 0 aliphatic rings. The molecule has 0 aliphatic carbocycles. The number of halogens is 5. The molecular formula is C18H10F5PSe. The molecule has 3 rings (SSSR count). The van der Waals surface area contributed by atoms with E-state index in [2.05, 4.69) is 0 Å². The molecule has 0 nitrogen and oxygen atoms in total. The van der Waals surface area contributed by atoms with Crippen LogP contribution in [0.1, 0.15) is 0 Å². The van der Waals surface area contributed by atoms with Crippen molar-refractivity contribution in [3.63, 3.8) is 0 Å². The summed E-state index contributed by atoms with van der Waals surface area (Å²) in [5.74, 6) is -9.43. The molecule has 0 spiro atoms. The van der Waals surface area contributed by atoms with E-state index < -0.39 is 55.5 Å². The molecule has 0 saturated heterocycles. The minimum atomic E-state index is -2.13. The van der Waals surface area contributed by atoms with Gasteiger partial charge in [0.2, 0.25) is 0 Å². The van der Waals surface area contributed by atoms with E-state index in [1.807, 2.05) is 0 Å². The number of benzene rings is 3. The Balaban J connectivity index is 2.19. The van der Waals surface area contributed by atoms with Gasteiger partial charge in [-0.3, -0.25) is 0 Å². The van der Waals surface area contributed by atoms with Crippen molar-refractivity contribution in [2.24, 2.45) is 0 Å². The zero-order chi connectivity index (χ0) is 18.0. The van der Waals surface area contributed by atoms with E-state index in [0.717, 1.165) is 4.46 Å². The molecule has 25 heavy (non-hydrogen) atoms. The van der Waals surface area contributed by atoms with Gasteiger partial charge in [0.05, 0.1) is 0 Å². The molecule has 0 bridgehead atoms. The van der Waals surface area contributed by atoms with Crippen LogP contribution in [-0.4, -0.2) is 14.5 Å². The maximum absolute atomic E-state index is 14.3. The third kappa shape index (κ3) is 3.62. The van der Waals surface area contributed by atoms with Gasteiger partial charge in [-0.25, -0.2) is 0 Å². The van der Waals surface area contributed by atoms with Crippen LogP contribution in [0.25, 0.3) is 0 Å². The first-order valence-electron chi connectivity index (χ1n) is 7.10. The topological polar surface area (TPSA) is 0 Å². The van der Waals surface area contributed by atoms with E-state index in [4.69, 9.17) is 0 Å². The molecule has 3 aromatic rings. The molecule has 0 fully saturated rings. The van der Waals surface area contributed by atoms with Gasteiger partial charge in [-0.15, -0.1) is 0 Å². The molecule has 3 aromatic carbocycles. The van der Waals surface area contributed by atoms with E-state index in [1.54, 1.807) is 60.7 Å². The van der Waals surface area contributed by atoms with Gasteiger partial charge < -0.3 is 0 Å². The normalized spacial score (nSPS) is 12.2. The van der Waals surface area contributed by atoms with Crippen molar-refractivity contribution in [2.45, 2.75) is 0 Å². The number of hydrogen-bond acceptors (Lipinski definition) is 0. The fourth-order valence-electron chi connectivity index (χ4n) is 2.15.